The zero-order valence-electron chi connectivity index (χ0n) is 9.76. The van der Waals surface area contributed by atoms with E-state index in [2.05, 4.69) is 9.47 Å². The van der Waals surface area contributed by atoms with Gasteiger partial charge in [0.05, 0.1) is 25.4 Å². The minimum Gasteiger partial charge on any atom is -0.466 e. The number of nitrogens with two attached hydrogens (primary N) is 1. The molecule has 0 spiro atoms. The second-order valence-corrected chi connectivity index (χ2v) is 3.77. The highest BCUT2D eigenvalue weighted by atomic mass is 16.6. The number of primary amides is 1. The molecule has 0 fully saturated rings. The smallest absolute Gasteiger partial charge is 0.338 e. The lowest BCUT2D eigenvalue weighted by Gasteiger charge is -2.21. The topological polar surface area (TPSA) is 105 Å². The van der Waals surface area contributed by atoms with Crippen molar-refractivity contribution in [1.29, 1.82) is 0 Å². The van der Waals surface area contributed by atoms with Gasteiger partial charge in [0.15, 0.2) is 5.60 Å². The first-order chi connectivity index (χ1) is 8.47. The molecule has 0 saturated carbocycles. The second kappa shape index (κ2) is 3.95. The number of hydrogen-bond acceptors (Lipinski definition) is 6. The predicted octanol–water partition coefficient (Wildman–Crippen LogP) is -1.18. The summed E-state index contributed by atoms with van der Waals surface area (Å²) in [5.41, 5.74) is 3.25. The summed E-state index contributed by atoms with van der Waals surface area (Å²) >= 11 is 0. The fraction of sp³-hybridized carbons (Fsp3) is 0.364. The summed E-state index contributed by atoms with van der Waals surface area (Å²) in [6.07, 6.45) is 2.00. The van der Waals surface area contributed by atoms with Crippen LogP contribution in [-0.4, -0.2) is 43.8 Å². The maximum atomic E-state index is 11.7. The Morgan fingerprint density at radius 2 is 1.89 bits per heavy atom. The molecule has 0 aromatic rings. The zero-order chi connectivity index (χ0) is 13.5. The molecule has 7 heteroatoms. The first-order valence-corrected chi connectivity index (χ1v) is 5.06. The summed E-state index contributed by atoms with van der Waals surface area (Å²) in [5.74, 6) is -2.49. The third-order valence-electron chi connectivity index (χ3n) is 2.90. The Balaban J connectivity index is 2.61. The fourth-order valence-electron chi connectivity index (χ4n) is 2.10. The molecule has 2 N–H and O–H groups in total. The van der Waals surface area contributed by atoms with E-state index in [4.69, 9.17) is 10.5 Å². The van der Waals surface area contributed by atoms with Crippen LogP contribution in [0.2, 0.25) is 0 Å². The van der Waals surface area contributed by atoms with Gasteiger partial charge in [-0.1, -0.05) is 6.08 Å². The average molecular weight is 253 g/mol. The number of amides is 1. The Hall–Kier alpha value is -2.15. The highest BCUT2D eigenvalue weighted by molar-refractivity contribution is 6.11. The fourth-order valence-corrected chi connectivity index (χ4v) is 2.10. The van der Waals surface area contributed by atoms with Crippen molar-refractivity contribution >= 4 is 17.8 Å². The Morgan fingerprint density at radius 3 is 2.39 bits per heavy atom. The first-order valence-electron chi connectivity index (χ1n) is 5.06. The van der Waals surface area contributed by atoms with Crippen LogP contribution in [0.5, 0.6) is 0 Å². The molecule has 0 aromatic carbocycles. The van der Waals surface area contributed by atoms with Crippen LogP contribution < -0.4 is 5.73 Å². The summed E-state index contributed by atoms with van der Waals surface area (Å²) in [6, 6.07) is 0. The van der Waals surface area contributed by atoms with Crippen LogP contribution in [0.4, 0.5) is 0 Å². The molecule has 2 bridgehead atoms. The van der Waals surface area contributed by atoms with Crippen molar-refractivity contribution in [2.75, 3.05) is 14.2 Å². The molecule has 2 aliphatic heterocycles. The molecule has 18 heavy (non-hydrogen) atoms. The summed E-state index contributed by atoms with van der Waals surface area (Å²) in [5, 5.41) is 0. The Kier molecular flexibility index (Phi) is 2.70. The van der Waals surface area contributed by atoms with Crippen LogP contribution in [0, 0.1) is 0 Å². The van der Waals surface area contributed by atoms with Crippen LogP contribution >= 0.6 is 0 Å². The Labute approximate surface area is 102 Å². The van der Waals surface area contributed by atoms with E-state index in [1.54, 1.807) is 0 Å². The van der Waals surface area contributed by atoms with E-state index in [9.17, 15) is 14.4 Å². The number of methoxy groups -OCH3 is 2. The van der Waals surface area contributed by atoms with E-state index >= 15 is 0 Å². The molecule has 2 rings (SSSR count). The minimum atomic E-state index is -1.73. The Morgan fingerprint density at radius 1 is 1.28 bits per heavy atom. The molecule has 0 saturated heterocycles. The number of carbonyl (C=O) groups excluding carboxylic acids is 3. The summed E-state index contributed by atoms with van der Waals surface area (Å²) in [6.45, 7) is 0. The molecular formula is C11H11NO6. The molecule has 0 aliphatic carbocycles. The van der Waals surface area contributed by atoms with E-state index in [0.717, 1.165) is 14.2 Å². The first kappa shape index (κ1) is 12.3. The Bertz CT molecular complexity index is 506. The second-order valence-electron chi connectivity index (χ2n) is 3.77. The van der Waals surface area contributed by atoms with E-state index in [1.165, 1.54) is 12.2 Å². The van der Waals surface area contributed by atoms with Gasteiger partial charge in [-0.25, -0.2) is 9.59 Å². The average Bonchev–Trinajstić information content (AvgIpc) is 2.93. The molecule has 2 heterocycles. The molecular weight excluding hydrogens is 242 g/mol. The number of esters is 2. The van der Waals surface area contributed by atoms with Gasteiger partial charge in [-0.2, -0.15) is 0 Å². The number of rotatable bonds is 3. The molecule has 7 nitrogen and oxygen atoms in total. The van der Waals surface area contributed by atoms with Crippen molar-refractivity contribution < 1.29 is 28.6 Å². The standard InChI is InChI=1S/C11H11NO6/c1-16-8(13)6-5-3-4-11(18-5,10(12)15)7(6)9(14)17-2/h3-5H,1-2H3,(H2,12,15)/t5-,11+/m0/s1. The molecule has 0 aromatic heterocycles. The van der Waals surface area contributed by atoms with Crippen LogP contribution in [0.1, 0.15) is 0 Å². The third-order valence-corrected chi connectivity index (χ3v) is 2.90. The van der Waals surface area contributed by atoms with Crippen LogP contribution in [0.15, 0.2) is 23.3 Å². The van der Waals surface area contributed by atoms with Gasteiger partial charge < -0.3 is 19.9 Å². The quantitative estimate of drug-likeness (QED) is 0.501. The summed E-state index contributed by atoms with van der Waals surface area (Å²) in [7, 11) is 2.30. The molecule has 2 aliphatic rings. The lowest BCUT2D eigenvalue weighted by Crippen LogP contribution is -2.45. The number of ether oxygens (including phenoxy) is 3. The van der Waals surface area contributed by atoms with Gasteiger partial charge >= 0.3 is 11.9 Å². The molecule has 1 amide bonds. The monoisotopic (exact) mass is 253 g/mol. The van der Waals surface area contributed by atoms with Gasteiger partial charge in [-0.15, -0.1) is 0 Å². The van der Waals surface area contributed by atoms with Crippen molar-refractivity contribution in [3.63, 3.8) is 0 Å². The van der Waals surface area contributed by atoms with Crippen LogP contribution in [0.25, 0.3) is 0 Å². The van der Waals surface area contributed by atoms with E-state index in [0.29, 0.717) is 0 Å². The SMILES string of the molecule is COC(=O)C1=C(C(=O)OC)[C@@]2(C(N)=O)C=C[C@@H]1O2. The van der Waals surface area contributed by atoms with E-state index < -0.39 is 29.6 Å². The third kappa shape index (κ3) is 1.37. The minimum absolute atomic E-state index is 0.0503. The van der Waals surface area contributed by atoms with Crippen molar-refractivity contribution in [2.45, 2.75) is 11.7 Å². The lowest BCUT2D eigenvalue weighted by atomic mass is 9.86. The maximum absolute atomic E-state index is 11.7. The van der Waals surface area contributed by atoms with Gasteiger partial charge in [-0.05, 0) is 6.08 Å². The van der Waals surface area contributed by atoms with Crippen molar-refractivity contribution in [3.8, 4) is 0 Å². The number of fused-ring (bicyclic) bond motifs is 2. The molecule has 96 valence electrons. The molecule has 0 unspecified atom stereocenters. The van der Waals surface area contributed by atoms with Gasteiger partial charge in [-0.3, -0.25) is 4.79 Å². The van der Waals surface area contributed by atoms with Crippen molar-refractivity contribution in [1.82, 2.24) is 0 Å². The zero-order valence-corrected chi connectivity index (χ0v) is 9.76. The van der Waals surface area contributed by atoms with Crippen molar-refractivity contribution in [3.05, 3.63) is 23.3 Å². The number of hydrogen-bond donors (Lipinski definition) is 1. The summed E-state index contributed by atoms with van der Waals surface area (Å²) < 4.78 is 14.5. The molecule has 2 atom stereocenters. The van der Waals surface area contributed by atoms with Crippen LogP contribution in [-0.2, 0) is 28.6 Å². The van der Waals surface area contributed by atoms with Gasteiger partial charge in [0, 0.05) is 0 Å². The largest absolute Gasteiger partial charge is 0.466 e. The highest BCUT2D eigenvalue weighted by Crippen LogP contribution is 2.43. The van der Waals surface area contributed by atoms with Crippen LogP contribution in [0.3, 0.4) is 0 Å². The van der Waals surface area contributed by atoms with Crippen molar-refractivity contribution in [2.24, 2.45) is 5.73 Å². The highest BCUT2D eigenvalue weighted by Gasteiger charge is 2.58. The van der Waals surface area contributed by atoms with Gasteiger partial charge in [0.25, 0.3) is 5.91 Å². The van der Waals surface area contributed by atoms with E-state index in [-0.39, 0.29) is 11.1 Å². The number of carbonyl (C=O) groups is 3. The van der Waals surface area contributed by atoms with Gasteiger partial charge in [0.1, 0.15) is 6.10 Å². The normalized spacial score (nSPS) is 28.4. The lowest BCUT2D eigenvalue weighted by molar-refractivity contribution is -0.142. The maximum Gasteiger partial charge on any atom is 0.338 e. The molecule has 0 radical (unpaired) electrons. The predicted molar refractivity (Wildman–Crippen MR) is 57.0 cm³/mol. The summed E-state index contributed by atoms with van der Waals surface area (Å²) in [4.78, 5) is 34.9. The van der Waals surface area contributed by atoms with E-state index in [1.807, 2.05) is 0 Å². The van der Waals surface area contributed by atoms with Gasteiger partial charge in [0.2, 0.25) is 0 Å².